The molecule has 3 heterocycles. The molecule has 0 spiro atoms. The van der Waals surface area contributed by atoms with Gasteiger partial charge in [-0.15, -0.1) is 0 Å². The Labute approximate surface area is 271 Å². The maximum atomic E-state index is 14.4. The Morgan fingerprint density at radius 1 is 1.00 bits per heavy atom. The summed E-state index contributed by atoms with van der Waals surface area (Å²) in [5.74, 6) is 0.833. The highest BCUT2D eigenvalue weighted by Crippen LogP contribution is 2.31. The third-order valence-electron chi connectivity index (χ3n) is 7.72. The summed E-state index contributed by atoms with van der Waals surface area (Å²) in [5, 5.41) is 0. The van der Waals surface area contributed by atoms with Crippen LogP contribution in [0.2, 0.25) is 0 Å². The zero-order chi connectivity index (χ0) is 33.2. The fraction of sp³-hybridized carbons (Fsp3) is 0.400. The average molecular weight is 643 g/mol. The Kier molecular flexibility index (Phi) is 9.44. The topological polar surface area (TPSA) is 127 Å². The summed E-state index contributed by atoms with van der Waals surface area (Å²) in [5.41, 5.74) is 4.10. The fourth-order valence-corrected chi connectivity index (χ4v) is 6.70. The number of aromatic nitrogens is 4. The Balaban J connectivity index is 1.66. The van der Waals surface area contributed by atoms with Gasteiger partial charge < -0.3 is 9.64 Å². The number of fused-ring (bicyclic) bond motifs is 4. The number of carbonyl (C=O) groups excluding carboxylic acids is 1. The lowest BCUT2D eigenvalue weighted by atomic mass is 9.87. The van der Waals surface area contributed by atoms with Crippen LogP contribution in [0, 0.1) is 25.2 Å². The molecular formula is C35H42N6O4S. The normalized spacial score (nSPS) is 16.6. The van der Waals surface area contributed by atoms with Crippen molar-refractivity contribution < 1.29 is 17.9 Å². The van der Waals surface area contributed by atoms with Crippen LogP contribution in [0.1, 0.15) is 74.0 Å². The lowest BCUT2D eigenvalue weighted by Gasteiger charge is -2.35. The smallest absolute Gasteiger partial charge is 0.264 e. The van der Waals surface area contributed by atoms with Crippen LogP contribution in [0.3, 0.4) is 0 Å². The number of hydrogen-bond acceptors (Lipinski definition) is 8. The predicted octanol–water partition coefficient (Wildman–Crippen LogP) is 6.39. The molecule has 10 nitrogen and oxygen atoms in total. The van der Waals surface area contributed by atoms with Crippen molar-refractivity contribution >= 4 is 21.9 Å². The van der Waals surface area contributed by atoms with Crippen molar-refractivity contribution in [1.29, 1.82) is 0 Å². The molecule has 46 heavy (non-hydrogen) atoms. The molecule has 0 saturated carbocycles. The maximum absolute atomic E-state index is 14.4. The molecule has 2 aromatic carbocycles. The highest BCUT2D eigenvalue weighted by atomic mass is 32.2. The minimum Gasteiger partial charge on any atom is -0.475 e. The minimum absolute atomic E-state index is 0.0743. The number of rotatable bonds is 6. The van der Waals surface area contributed by atoms with Crippen LogP contribution in [0.5, 0.6) is 5.88 Å². The van der Waals surface area contributed by atoms with Gasteiger partial charge in [0.1, 0.15) is 12.4 Å². The number of ether oxygens (including phenoxy) is 1. The highest BCUT2D eigenvalue weighted by Gasteiger charge is 2.32. The molecule has 1 atom stereocenters. The summed E-state index contributed by atoms with van der Waals surface area (Å²) in [6.07, 6.45) is 3.03. The van der Waals surface area contributed by atoms with Crippen LogP contribution in [0.25, 0.3) is 11.3 Å². The first kappa shape index (κ1) is 33.0. The quantitative estimate of drug-likeness (QED) is 0.256. The van der Waals surface area contributed by atoms with Crippen LogP contribution in [0.4, 0.5) is 5.95 Å². The van der Waals surface area contributed by atoms with Gasteiger partial charge in [-0.25, -0.2) is 28.1 Å². The Bertz CT molecular complexity index is 1830. The first-order chi connectivity index (χ1) is 21.7. The molecule has 0 unspecified atom stereocenters. The van der Waals surface area contributed by atoms with Gasteiger partial charge in [-0.3, -0.25) is 4.79 Å². The van der Waals surface area contributed by atoms with E-state index in [4.69, 9.17) is 9.72 Å². The molecule has 242 valence electrons. The molecule has 0 saturated heterocycles. The zero-order valence-electron chi connectivity index (χ0n) is 27.5. The SMILES string of the molecule is Cc1cccc(C)c1-c1cc2nc(n1)NS(=O)(=O)c1cccc(c1)C(=O)N(Cc1ccnc(CC(C)C)n1)[C@H](CC(C)(C)C)CO2. The molecule has 0 radical (unpaired) electrons. The first-order valence-corrected chi connectivity index (χ1v) is 17.0. The number of sulfonamides is 1. The number of nitrogens with one attached hydrogen (secondary N) is 1. The average Bonchev–Trinajstić information content (AvgIpc) is 2.96. The summed E-state index contributed by atoms with van der Waals surface area (Å²) in [6, 6.07) is 15.1. The van der Waals surface area contributed by atoms with Crippen LogP contribution in [-0.4, -0.2) is 51.8 Å². The van der Waals surface area contributed by atoms with Crippen LogP contribution >= 0.6 is 0 Å². The van der Waals surface area contributed by atoms with Gasteiger partial charge in [-0.05, 0) is 67.0 Å². The standard InChI is InChI=1S/C35H42N6O4S/c1-22(2)16-30-36-15-14-26(37-30)20-41-27(19-35(5,6)7)21-45-31-18-29(32-23(3)10-8-11-24(32)4)38-34(39-31)40-46(43,44)28-13-9-12-25(17-28)33(41)42/h8-15,17-18,22,27H,16,19-21H2,1-7H3,(H,38,39,40)/t27-/m1/s1. The molecule has 1 aliphatic heterocycles. The molecule has 1 aliphatic rings. The van der Waals surface area contributed by atoms with Gasteiger partial charge in [-0.1, -0.05) is 58.9 Å². The molecule has 1 amide bonds. The lowest BCUT2D eigenvalue weighted by molar-refractivity contribution is 0.0509. The Morgan fingerprint density at radius 2 is 1.72 bits per heavy atom. The van der Waals surface area contributed by atoms with Crippen LogP contribution in [0.15, 0.2) is 65.7 Å². The van der Waals surface area contributed by atoms with E-state index in [-0.39, 0.29) is 46.8 Å². The first-order valence-electron chi connectivity index (χ1n) is 15.5. The molecule has 1 N–H and O–H groups in total. The van der Waals surface area contributed by atoms with Crippen molar-refractivity contribution in [3.05, 3.63) is 89.0 Å². The second kappa shape index (κ2) is 13.2. The van der Waals surface area contributed by atoms with Crippen molar-refractivity contribution in [1.82, 2.24) is 24.8 Å². The molecule has 4 bridgehead atoms. The van der Waals surface area contributed by atoms with Gasteiger partial charge >= 0.3 is 0 Å². The van der Waals surface area contributed by atoms with E-state index in [0.29, 0.717) is 36.0 Å². The largest absolute Gasteiger partial charge is 0.475 e. The van der Waals surface area contributed by atoms with Gasteiger partial charge in [0.25, 0.3) is 15.9 Å². The van der Waals surface area contributed by atoms with Crippen LogP contribution < -0.4 is 9.46 Å². The van der Waals surface area contributed by atoms with Gasteiger partial charge in [0.05, 0.1) is 28.9 Å². The summed E-state index contributed by atoms with van der Waals surface area (Å²) in [4.78, 5) is 34.3. The number of nitrogens with zero attached hydrogens (tertiary/aromatic N) is 5. The Hall–Kier alpha value is -4.38. The summed E-state index contributed by atoms with van der Waals surface area (Å²) >= 11 is 0. The van der Waals surface area contributed by atoms with E-state index in [9.17, 15) is 13.2 Å². The van der Waals surface area contributed by atoms with Gasteiger partial charge in [0.2, 0.25) is 11.8 Å². The number of amides is 1. The second-order valence-electron chi connectivity index (χ2n) is 13.5. The highest BCUT2D eigenvalue weighted by molar-refractivity contribution is 7.92. The fourth-order valence-electron chi connectivity index (χ4n) is 5.71. The summed E-state index contributed by atoms with van der Waals surface area (Å²) < 4.78 is 36.2. The zero-order valence-corrected chi connectivity index (χ0v) is 28.4. The lowest BCUT2D eigenvalue weighted by Crippen LogP contribution is -2.45. The van der Waals surface area contributed by atoms with Gasteiger partial charge in [-0.2, -0.15) is 4.98 Å². The summed E-state index contributed by atoms with van der Waals surface area (Å²) in [7, 11) is -4.16. The third-order valence-corrected chi connectivity index (χ3v) is 9.04. The van der Waals surface area contributed by atoms with Crippen molar-refractivity contribution in [2.24, 2.45) is 11.3 Å². The van der Waals surface area contributed by atoms with E-state index in [0.717, 1.165) is 16.7 Å². The van der Waals surface area contributed by atoms with E-state index in [1.54, 1.807) is 29.3 Å². The Morgan fingerprint density at radius 3 is 2.41 bits per heavy atom. The number of aryl methyl sites for hydroxylation is 2. The number of hydrogen-bond donors (Lipinski definition) is 1. The van der Waals surface area contributed by atoms with Gasteiger partial charge in [0, 0.05) is 29.8 Å². The van der Waals surface area contributed by atoms with Crippen molar-refractivity contribution in [2.45, 2.75) is 78.8 Å². The molecule has 0 fully saturated rings. The van der Waals surface area contributed by atoms with Crippen LogP contribution in [-0.2, 0) is 23.0 Å². The molecule has 11 heteroatoms. The van der Waals surface area contributed by atoms with E-state index in [2.05, 4.69) is 54.3 Å². The second-order valence-corrected chi connectivity index (χ2v) is 15.2. The number of carbonyl (C=O) groups is 1. The molecular weight excluding hydrogens is 600 g/mol. The predicted molar refractivity (Wildman–Crippen MR) is 178 cm³/mol. The van der Waals surface area contributed by atoms with E-state index in [1.807, 2.05) is 38.1 Å². The van der Waals surface area contributed by atoms with Gasteiger partial charge in [0.15, 0.2) is 0 Å². The van der Waals surface area contributed by atoms with Crippen molar-refractivity contribution in [3.8, 4) is 17.1 Å². The van der Waals surface area contributed by atoms with E-state index >= 15 is 0 Å². The van der Waals surface area contributed by atoms with Crippen molar-refractivity contribution in [2.75, 3.05) is 11.3 Å². The summed E-state index contributed by atoms with van der Waals surface area (Å²) in [6.45, 7) is 14.8. The van der Waals surface area contributed by atoms with E-state index in [1.165, 1.54) is 12.1 Å². The molecule has 5 rings (SSSR count). The molecule has 0 aliphatic carbocycles. The maximum Gasteiger partial charge on any atom is 0.264 e. The van der Waals surface area contributed by atoms with Crippen molar-refractivity contribution in [3.63, 3.8) is 0 Å². The monoisotopic (exact) mass is 642 g/mol. The van der Waals surface area contributed by atoms with E-state index < -0.39 is 16.1 Å². The minimum atomic E-state index is -4.16. The third kappa shape index (κ3) is 7.88. The molecule has 2 aromatic heterocycles. The number of anilines is 1. The molecule has 4 aromatic rings. The number of benzene rings is 2.